The first-order chi connectivity index (χ1) is 12.7. The van der Waals surface area contributed by atoms with Gasteiger partial charge >= 0.3 is 0 Å². The van der Waals surface area contributed by atoms with Crippen molar-refractivity contribution in [1.29, 1.82) is 0 Å². The van der Waals surface area contributed by atoms with Gasteiger partial charge in [0.15, 0.2) is 11.5 Å². The van der Waals surface area contributed by atoms with Gasteiger partial charge in [0.05, 0.1) is 24.5 Å². The highest BCUT2D eigenvalue weighted by Gasteiger charge is 2.50. The molecule has 2 aliphatic heterocycles. The topological polar surface area (TPSA) is 56.1 Å². The molecule has 0 saturated carbocycles. The van der Waals surface area contributed by atoms with Crippen molar-refractivity contribution in [2.45, 2.75) is 25.6 Å². The van der Waals surface area contributed by atoms with Crippen LogP contribution < -0.4 is 0 Å². The Morgan fingerprint density at radius 1 is 1.23 bits per heavy atom. The molecule has 6 nitrogen and oxygen atoms in total. The molecule has 1 saturated heterocycles. The Bertz CT molecular complexity index is 973. The zero-order valence-corrected chi connectivity index (χ0v) is 16.0. The van der Waals surface area contributed by atoms with Crippen LogP contribution in [0.3, 0.4) is 0 Å². The Morgan fingerprint density at radius 2 is 2.15 bits per heavy atom. The number of fused-ring (bicyclic) bond motifs is 5. The normalized spacial score (nSPS) is 21.8. The van der Waals surface area contributed by atoms with E-state index in [9.17, 15) is 0 Å². The van der Waals surface area contributed by atoms with Gasteiger partial charge in [0, 0.05) is 29.2 Å². The lowest BCUT2D eigenvalue weighted by Gasteiger charge is -2.36. The number of pyridine rings is 1. The average molecular weight is 412 g/mol. The van der Waals surface area contributed by atoms with Crippen molar-refractivity contribution >= 4 is 15.9 Å². The quantitative estimate of drug-likeness (QED) is 0.648. The summed E-state index contributed by atoms with van der Waals surface area (Å²) in [5.74, 6) is 1.90. The van der Waals surface area contributed by atoms with E-state index in [0.717, 1.165) is 46.0 Å². The summed E-state index contributed by atoms with van der Waals surface area (Å²) in [6.07, 6.45) is 2.64. The lowest BCUT2D eigenvalue weighted by molar-refractivity contribution is -0.0586. The fourth-order valence-electron chi connectivity index (χ4n) is 4.04. The fraction of sp³-hybridized carbons (Fsp3) is 0.316. The van der Waals surface area contributed by atoms with E-state index in [2.05, 4.69) is 65.7 Å². The minimum atomic E-state index is -0.716. The molecule has 0 amide bonds. The molecule has 3 aromatic rings. The van der Waals surface area contributed by atoms with Crippen LogP contribution in [-0.4, -0.2) is 37.8 Å². The maximum absolute atomic E-state index is 6.45. The number of ether oxygens (including phenoxy) is 1. The SMILES string of the molecule is CCc1nnc2n1-c1ccc(Br)cc1C1(c3ccccn3)OCCN1C2. The zero-order chi connectivity index (χ0) is 17.7. The zero-order valence-electron chi connectivity index (χ0n) is 14.4. The van der Waals surface area contributed by atoms with Crippen LogP contribution in [0.5, 0.6) is 0 Å². The fourth-order valence-corrected chi connectivity index (χ4v) is 4.40. The maximum Gasteiger partial charge on any atom is 0.193 e. The molecule has 2 aliphatic rings. The van der Waals surface area contributed by atoms with Crippen LogP contribution in [0, 0.1) is 0 Å². The molecule has 2 aromatic heterocycles. The second-order valence-electron chi connectivity index (χ2n) is 6.51. The Morgan fingerprint density at radius 3 is 2.96 bits per heavy atom. The highest BCUT2D eigenvalue weighted by atomic mass is 79.9. The molecule has 1 aromatic carbocycles. The summed E-state index contributed by atoms with van der Waals surface area (Å²) < 4.78 is 9.63. The third-order valence-electron chi connectivity index (χ3n) is 5.14. The number of aryl methyl sites for hydroxylation is 1. The molecule has 0 bridgehead atoms. The van der Waals surface area contributed by atoms with Gasteiger partial charge in [-0.05, 0) is 30.3 Å². The third kappa shape index (κ3) is 2.14. The first kappa shape index (κ1) is 16.1. The van der Waals surface area contributed by atoms with E-state index in [1.807, 2.05) is 24.4 Å². The van der Waals surface area contributed by atoms with Gasteiger partial charge in [-0.15, -0.1) is 10.2 Å². The van der Waals surface area contributed by atoms with E-state index >= 15 is 0 Å². The largest absolute Gasteiger partial charge is 0.349 e. The number of hydrogen-bond donors (Lipinski definition) is 0. The molecule has 7 heteroatoms. The van der Waals surface area contributed by atoms with Crippen LogP contribution in [0.15, 0.2) is 47.1 Å². The highest BCUT2D eigenvalue weighted by Crippen LogP contribution is 2.46. The van der Waals surface area contributed by atoms with Gasteiger partial charge in [0.2, 0.25) is 0 Å². The molecule has 0 radical (unpaired) electrons. The number of halogens is 1. The Balaban J connectivity index is 1.86. The molecule has 5 rings (SSSR count). The Labute approximate surface area is 160 Å². The molecule has 1 atom stereocenters. The summed E-state index contributed by atoms with van der Waals surface area (Å²) in [6.45, 7) is 4.23. The predicted molar refractivity (Wildman–Crippen MR) is 99.8 cm³/mol. The van der Waals surface area contributed by atoms with E-state index in [1.54, 1.807) is 0 Å². The number of benzene rings is 1. The molecule has 4 heterocycles. The predicted octanol–water partition coefficient (Wildman–Crippen LogP) is 3.03. The standard InChI is InChI=1S/C19H18BrN5O/c1-2-17-22-23-18-12-24-9-10-26-19(24,16-5-3-4-8-21-16)14-11-13(20)6-7-15(14)25(17)18/h3-8,11H,2,9-10,12H2,1H3. The lowest BCUT2D eigenvalue weighted by atomic mass is 9.95. The first-order valence-electron chi connectivity index (χ1n) is 8.78. The molecule has 1 unspecified atom stereocenters. The second-order valence-corrected chi connectivity index (χ2v) is 7.43. The van der Waals surface area contributed by atoms with Crippen molar-refractivity contribution < 1.29 is 4.74 Å². The van der Waals surface area contributed by atoms with Gasteiger partial charge in [0.25, 0.3) is 0 Å². The van der Waals surface area contributed by atoms with Crippen LogP contribution in [0.4, 0.5) is 0 Å². The maximum atomic E-state index is 6.45. The van der Waals surface area contributed by atoms with E-state index in [0.29, 0.717) is 13.2 Å². The summed E-state index contributed by atoms with van der Waals surface area (Å²) in [4.78, 5) is 6.98. The van der Waals surface area contributed by atoms with Crippen molar-refractivity contribution in [2.75, 3.05) is 13.2 Å². The van der Waals surface area contributed by atoms with Gasteiger partial charge in [0.1, 0.15) is 5.82 Å². The van der Waals surface area contributed by atoms with Crippen LogP contribution in [-0.2, 0) is 23.4 Å². The number of rotatable bonds is 2. The van der Waals surface area contributed by atoms with Crippen LogP contribution in [0.1, 0.15) is 29.8 Å². The molecule has 0 N–H and O–H groups in total. The van der Waals surface area contributed by atoms with E-state index in [1.165, 1.54) is 0 Å². The molecular formula is C19H18BrN5O. The van der Waals surface area contributed by atoms with Crippen molar-refractivity contribution in [3.8, 4) is 5.69 Å². The molecule has 26 heavy (non-hydrogen) atoms. The van der Waals surface area contributed by atoms with Crippen LogP contribution in [0.2, 0.25) is 0 Å². The Kier molecular flexibility index (Phi) is 3.70. The van der Waals surface area contributed by atoms with Crippen molar-refractivity contribution in [2.24, 2.45) is 0 Å². The highest BCUT2D eigenvalue weighted by molar-refractivity contribution is 9.10. The van der Waals surface area contributed by atoms with Crippen LogP contribution in [0.25, 0.3) is 5.69 Å². The Hall–Kier alpha value is -2.09. The molecule has 0 spiro atoms. The van der Waals surface area contributed by atoms with Crippen molar-refractivity contribution in [3.05, 3.63) is 70.0 Å². The average Bonchev–Trinajstić information content (AvgIpc) is 3.25. The second kappa shape index (κ2) is 5.97. The van der Waals surface area contributed by atoms with Gasteiger partial charge in [-0.1, -0.05) is 28.9 Å². The van der Waals surface area contributed by atoms with Crippen molar-refractivity contribution in [1.82, 2.24) is 24.6 Å². The molecule has 1 fully saturated rings. The number of hydrogen-bond acceptors (Lipinski definition) is 5. The number of aromatic nitrogens is 4. The smallest absolute Gasteiger partial charge is 0.193 e. The summed E-state index contributed by atoms with van der Waals surface area (Å²) in [5.41, 5.74) is 2.30. The van der Waals surface area contributed by atoms with E-state index in [-0.39, 0.29) is 0 Å². The van der Waals surface area contributed by atoms with Gasteiger partial charge in [-0.25, -0.2) is 0 Å². The molecular weight excluding hydrogens is 394 g/mol. The number of nitrogens with zero attached hydrogens (tertiary/aromatic N) is 5. The lowest BCUT2D eigenvalue weighted by Crippen LogP contribution is -2.43. The summed E-state index contributed by atoms with van der Waals surface area (Å²) >= 11 is 3.64. The summed E-state index contributed by atoms with van der Waals surface area (Å²) in [7, 11) is 0. The van der Waals surface area contributed by atoms with Gasteiger partial charge in [-0.2, -0.15) is 0 Å². The molecule has 0 aliphatic carbocycles. The molecule has 132 valence electrons. The summed E-state index contributed by atoms with van der Waals surface area (Å²) in [5, 5.41) is 8.88. The summed E-state index contributed by atoms with van der Waals surface area (Å²) in [6, 6.07) is 12.3. The van der Waals surface area contributed by atoms with E-state index in [4.69, 9.17) is 4.74 Å². The van der Waals surface area contributed by atoms with Crippen molar-refractivity contribution in [3.63, 3.8) is 0 Å². The van der Waals surface area contributed by atoms with Crippen LogP contribution >= 0.6 is 15.9 Å². The third-order valence-corrected chi connectivity index (χ3v) is 5.63. The van der Waals surface area contributed by atoms with Gasteiger partial charge < -0.3 is 4.74 Å². The monoisotopic (exact) mass is 411 g/mol. The minimum Gasteiger partial charge on any atom is -0.349 e. The van der Waals surface area contributed by atoms with Gasteiger partial charge in [-0.3, -0.25) is 14.5 Å². The minimum absolute atomic E-state index is 0.650. The van der Waals surface area contributed by atoms with E-state index < -0.39 is 5.72 Å². The first-order valence-corrected chi connectivity index (χ1v) is 9.57.